The topological polar surface area (TPSA) is 68.3 Å². The monoisotopic (exact) mass is 334 g/mol. The molecule has 0 aliphatic carbocycles. The van der Waals surface area contributed by atoms with Crippen LogP contribution >= 0.6 is 0 Å². The van der Waals surface area contributed by atoms with Crippen LogP contribution in [0, 0.1) is 0 Å². The molecule has 0 saturated heterocycles. The van der Waals surface area contributed by atoms with Crippen LogP contribution in [-0.4, -0.2) is 62.9 Å². The molecular formula is C17H22N2O5. The average molecular weight is 334 g/mol. The van der Waals surface area contributed by atoms with E-state index in [1.165, 1.54) is 27.5 Å². The molecule has 1 heterocycles. The zero-order chi connectivity index (χ0) is 17.7. The Labute approximate surface area is 141 Å². The second-order valence-electron chi connectivity index (χ2n) is 5.34. The Morgan fingerprint density at radius 2 is 1.79 bits per heavy atom. The molecule has 1 amide bonds. The summed E-state index contributed by atoms with van der Waals surface area (Å²) in [7, 11) is 6.05. The number of hydrogen-bond donors (Lipinski definition) is 0. The summed E-state index contributed by atoms with van der Waals surface area (Å²) in [6.45, 7) is 0.171. The number of esters is 1. The van der Waals surface area contributed by atoms with Crippen LogP contribution in [0.3, 0.4) is 0 Å². The van der Waals surface area contributed by atoms with Crippen molar-refractivity contribution in [3.63, 3.8) is 0 Å². The maximum absolute atomic E-state index is 12.8. The standard InChI is InChI=1S/C17H22N2O5/c1-18-10-13(17(21)24-4)16(20)19(11-14(22-2)23-3)15(18)12-8-6-5-7-9-12/h5-10,14-15H,11H2,1-4H3. The van der Waals surface area contributed by atoms with Crippen LogP contribution in [0.2, 0.25) is 0 Å². The van der Waals surface area contributed by atoms with Gasteiger partial charge in [-0.05, 0) is 5.56 Å². The van der Waals surface area contributed by atoms with E-state index in [0.717, 1.165) is 5.56 Å². The normalized spacial score (nSPS) is 18.0. The molecule has 1 aromatic rings. The molecule has 1 aromatic carbocycles. The van der Waals surface area contributed by atoms with Crippen LogP contribution in [-0.2, 0) is 23.8 Å². The van der Waals surface area contributed by atoms with Crippen LogP contribution < -0.4 is 0 Å². The van der Waals surface area contributed by atoms with Gasteiger partial charge >= 0.3 is 5.97 Å². The van der Waals surface area contributed by atoms with Crippen molar-refractivity contribution in [2.24, 2.45) is 0 Å². The van der Waals surface area contributed by atoms with E-state index in [1.807, 2.05) is 30.3 Å². The van der Waals surface area contributed by atoms with Gasteiger partial charge < -0.3 is 24.0 Å². The van der Waals surface area contributed by atoms with Crippen molar-refractivity contribution >= 4 is 11.9 Å². The van der Waals surface area contributed by atoms with Gasteiger partial charge in [-0.25, -0.2) is 4.79 Å². The third-order valence-electron chi connectivity index (χ3n) is 3.88. The first-order valence-electron chi connectivity index (χ1n) is 7.47. The number of carbonyl (C=O) groups is 2. The van der Waals surface area contributed by atoms with Gasteiger partial charge in [-0.15, -0.1) is 0 Å². The van der Waals surface area contributed by atoms with Crippen LogP contribution in [0.4, 0.5) is 0 Å². The first kappa shape index (κ1) is 18.0. The van der Waals surface area contributed by atoms with Gasteiger partial charge in [-0.1, -0.05) is 30.3 Å². The third kappa shape index (κ3) is 3.58. The molecule has 1 aliphatic heterocycles. The molecule has 0 N–H and O–H groups in total. The fraction of sp³-hybridized carbons (Fsp3) is 0.412. The van der Waals surface area contributed by atoms with E-state index in [-0.39, 0.29) is 18.3 Å². The van der Waals surface area contributed by atoms with Crippen LogP contribution in [0.15, 0.2) is 42.1 Å². The molecule has 1 unspecified atom stereocenters. The highest BCUT2D eigenvalue weighted by Gasteiger charge is 2.38. The summed E-state index contributed by atoms with van der Waals surface area (Å²) in [5.41, 5.74) is 0.887. The molecule has 0 radical (unpaired) electrons. The van der Waals surface area contributed by atoms with Crippen molar-refractivity contribution in [3.05, 3.63) is 47.7 Å². The summed E-state index contributed by atoms with van der Waals surface area (Å²) in [6, 6.07) is 9.55. The second kappa shape index (κ2) is 7.94. The van der Waals surface area contributed by atoms with Crippen molar-refractivity contribution in [1.29, 1.82) is 0 Å². The summed E-state index contributed by atoms with van der Waals surface area (Å²) >= 11 is 0. The Kier molecular flexibility index (Phi) is 5.94. The molecule has 130 valence electrons. The lowest BCUT2D eigenvalue weighted by Gasteiger charge is -2.42. The van der Waals surface area contributed by atoms with Gasteiger partial charge in [0, 0.05) is 27.5 Å². The Hall–Kier alpha value is -2.38. The Morgan fingerprint density at radius 3 is 2.33 bits per heavy atom. The molecule has 1 aliphatic rings. The number of methoxy groups -OCH3 is 3. The minimum Gasteiger partial charge on any atom is -0.465 e. The fourth-order valence-electron chi connectivity index (χ4n) is 2.69. The molecule has 0 bridgehead atoms. The van der Waals surface area contributed by atoms with Crippen molar-refractivity contribution in [3.8, 4) is 0 Å². The Balaban J connectivity index is 2.44. The molecule has 7 nitrogen and oxygen atoms in total. The number of carbonyl (C=O) groups excluding carboxylic acids is 2. The number of hydrogen-bond acceptors (Lipinski definition) is 6. The largest absolute Gasteiger partial charge is 0.465 e. The van der Waals surface area contributed by atoms with E-state index >= 15 is 0 Å². The van der Waals surface area contributed by atoms with Gasteiger partial charge in [0.05, 0.1) is 13.7 Å². The van der Waals surface area contributed by atoms with E-state index in [0.29, 0.717) is 0 Å². The van der Waals surface area contributed by atoms with Gasteiger partial charge in [0.1, 0.15) is 11.7 Å². The molecular weight excluding hydrogens is 312 g/mol. The second-order valence-corrected chi connectivity index (χ2v) is 5.34. The third-order valence-corrected chi connectivity index (χ3v) is 3.88. The summed E-state index contributed by atoms with van der Waals surface area (Å²) in [5.74, 6) is -1.09. The molecule has 0 spiro atoms. The summed E-state index contributed by atoms with van der Waals surface area (Å²) in [5, 5.41) is 0. The minimum absolute atomic E-state index is 0.0295. The highest BCUT2D eigenvalue weighted by Crippen LogP contribution is 2.31. The SMILES string of the molecule is COC(=O)C1=CN(C)C(c2ccccc2)N(CC(OC)OC)C1=O. The van der Waals surface area contributed by atoms with Crippen LogP contribution in [0.25, 0.3) is 0 Å². The lowest BCUT2D eigenvalue weighted by molar-refractivity contribution is -0.156. The van der Waals surface area contributed by atoms with E-state index < -0.39 is 18.2 Å². The quantitative estimate of drug-likeness (QED) is 0.441. The van der Waals surface area contributed by atoms with Crippen LogP contribution in [0.5, 0.6) is 0 Å². The van der Waals surface area contributed by atoms with Gasteiger partial charge in [0.15, 0.2) is 6.29 Å². The summed E-state index contributed by atoms with van der Waals surface area (Å²) in [6.07, 6.45) is 0.530. The van der Waals surface area contributed by atoms with E-state index in [9.17, 15) is 9.59 Å². The zero-order valence-electron chi connectivity index (χ0n) is 14.3. The average Bonchev–Trinajstić information content (AvgIpc) is 2.61. The van der Waals surface area contributed by atoms with Gasteiger partial charge in [0.25, 0.3) is 5.91 Å². The Morgan fingerprint density at radius 1 is 1.17 bits per heavy atom. The molecule has 0 saturated carbocycles. The number of rotatable bonds is 6. The minimum atomic E-state index is -0.672. The fourth-order valence-corrected chi connectivity index (χ4v) is 2.69. The lowest BCUT2D eigenvalue weighted by atomic mass is 10.1. The van der Waals surface area contributed by atoms with E-state index in [1.54, 1.807) is 16.8 Å². The highest BCUT2D eigenvalue weighted by atomic mass is 16.7. The van der Waals surface area contributed by atoms with Gasteiger partial charge in [0.2, 0.25) is 0 Å². The first-order chi connectivity index (χ1) is 11.5. The van der Waals surface area contributed by atoms with E-state index in [4.69, 9.17) is 14.2 Å². The number of ether oxygens (including phenoxy) is 3. The van der Waals surface area contributed by atoms with Crippen LogP contribution in [0.1, 0.15) is 11.7 Å². The molecule has 24 heavy (non-hydrogen) atoms. The molecule has 7 heteroatoms. The number of amides is 1. The number of nitrogens with zero attached hydrogens (tertiary/aromatic N) is 2. The maximum Gasteiger partial charge on any atom is 0.344 e. The predicted octanol–water partition coefficient (Wildman–Crippen LogP) is 1.13. The summed E-state index contributed by atoms with van der Waals surface area (Å²) in [4.78, 5) is 28.1. The van der Waals surface area contributed by atoms with E-state index in [2.05, 4.69) is 0 Å². The Bertz CT molecular complexity index is 613. The molecule has 0 fully saturated rings. The smallest absolute Gasteiger partial charge is 0.344 e. The van der Waals surface area contributed by atoms with Gasteiger partial charge in [-0.3, -0.25) is 4.79 Å². The van der Waals surface area contributed by atoms with Gasteiger partial charge in [-0.2, -0.15) is 0 Å². The predicted molar refractivity (Wildman–Crippen MR) is 86.6 cm³/mol. The highest BCUT2D eigenvalue weighted by molar-refractivity contribution is 6.16. The summed E-state index contributed by atoms with van der Waals surface area (Å²) < 4.78 is 15.2. The molecule has 2 rings (SSSR count). The zero-order valence-corrected chi connectivity index (χ0v) is 14.3. The van der Waals surface area contributed by atoms with Crippen molar-refractivity contribution in [2.45, 2.75) is 12.5 Å². The van der Waals surface area contributed by atoms with Crippen molar-refractivity contribution in [2.75, 3.05) is 34.9 Å². The lowest BCUT2D eigenvalue weighted by Crippen LogP contribution is -2.50. The molecule has 0 aromatic heterocycles. The van der Waals surface area contributed by atoms with Crippen molar-refractivity contribution < 1.29 is 23.8 Å². The number of benzene rings is 1. The maximum atomic E-state index is 12.8. The first-order valence-corrected chi connectivity index (χ1v) is 7.47. The van der Waals surface area contributed by atoms with Crippen molar-refractivity contribution in [1.82, 2.24) is 9.80 Å². The molecule has 1 atom stereocenters.